The van der Waals surface area contributed by atoms with Crippen molar-refractivity contribution in [3.63, 3.8) is 0 Å². The number of rotatable bonds is 7. The van der Waals surface area contributed by atoms with Gasteiger partial charge in [0.2, 0.25) is 5.91 Å². The highest BCUT2D eigenvalue weighted by Gasteiger charge is 2.40. The van der Waals surface area contributed by atoms with Crippen LogP contribution in [0, 0.1) is 5.92 Å². The van der Waals surface area contributed by atoms with Gasteiger partial charge in [0.25, 0.3) is 11.8 Å². The normalized spacial score (nSPS) is 21.8. The van der Waals surface area contributed by atoms with Crippen molar-refractivity contribution in [2.24, 2.45) is 5.92 Å². The van der Waals surface area contributed by atoms with Crippen LogP contribution in [0.1, 0.15) is 71.7 Å². The molecule has 0 aromatic heterocycles. The first-order chi connectivity index (χ1) is 18.0. The maximum absolute atomic E-state index is 13.5. The smallest absolute Gasteiger partial charge is 0.263 e. The average Bonchev–Trinajstić information content (AvgIpc) is 3.20. The Morgan fingerprint density at radius 3 is 2.65 bits per heavy atom. The fourth-order valence-electron chi connectivity index (χ4n) is 6.20. The van der Waals surface area contributed by atoms with E-state index in [1.165, 1.54) is 11.3 Å². The van der Waals surface area contributed by atoms with Crippen molar-refractivity contribution in [1.29, 1.82) is 0 Å². The van der Waals surface area contributed by atoms with Crippen LogP contribution in [0.3, 0.4) is 0 Å². The van der Waals surface area contributed by atoms with Gasteiger partial charge in [-0.15, -0.1) is 0 Å². The molecule has 37 heavy (non-hydrogen) atoms. The van der Waals surface area contributed by atoms with E-state index < -0.39 is 0 Å². The highest BCUT2D eigenvalue weighted by molar-refractivity contribution is 6.23. The minimum atomic E-state index is -0.242. The number of amides is 3. The number of anilines is 1. The summed E-state index contributed by atoms with van der Waals surface area (Å²) in [4.78, 5) is 45.9. The van der Waals surface area contributed by atoms with Gasteiger partial charge in [-0.3, -0.25) is 19.3 Å². The summed E-state index contributed by atoms with van der Waals surface area (Å²) in [5.74, 6) is 0.452. The molecule has 3 amide bonds. The predicted octanol–water partition coefficient (Wildman–Crippen LogP) is 4.54. The molecule has 5 rings (SSSR count). The van der Waals surface area contributed by atoms with E-state index in [9.17, 15) is 14.4 Å². The van der Waals surface area contributed by atoms with Crippen molar-refractivity contribution in [3.8, 4) is 5.75 Å². The molecule has 2 fully saturated rings. The molecular weight excluding hydrogens is 466 g/mol. The van der Waals surface area contributed by atoms with Gasteiger partial charge in [-0.05, 0) is 74.8 Å². The minimum Gasteiger partial charge on any atom is -0.497 e. The van der Waals surface area contributed by atoms with Crippen LogP contribution in [-0.4, -0.2) is 66.9 Å². The van der Waals surface area contributed by atoms with Crippen molar-refractivity contribution in [1.82, 2.24) is 9.80 Å². The van der Waals surface area contributed by atoms with Crippen LogP contribution in [0.25, 0.3) is 0 Å². The highest BCUT2D eigenvalue weighted by atomic mass is 16.5. The lowest BCUT2D eigenvalue weighted by Gasteiger charge is -2.41. The molecule has 0 spiro atoms. The van der Waals surface area contributed by atoms with E-state index in [1.807, 2.05) is 36.4 Å². The molecule has 0 bridgehead atoms. The lowest BCUT2D eigenvalue weighted by atomic mass is 9.92. The Hall–Kier alpha value is -3.35. The number of piperidine rings is 2. The third kappa shape index (κ3) is 4.96. The minimum absolute atomic E-state index is 0.0758. The lowest BCUT2D eigenvalue weighted by Crippen LogP contribution is -2.50. The summed E-state index contributed by atoms with van der Waals surface area (Å²) in [5, 5.41) is 0. The van der Waals surface area contributed by atoms with E-state index in [2.05, 4.69) is 16.7 Å². The molecular formula is C30H37N3O4. The number of methoxy groups -OCH3 is 1. The largest absolute Gasteiger partial charge is 0.497 e. The maximum Gasteiger partial charge on any atom is 0.263 e. The molecule has 3 heterocycles. The monoisotopic (exact) mass is 503 g/mol. The number of hydrogen-bond donors (Lipinski definition) is 0. The number of ether oxygens (including phenoxy) is 1. The molecule has 7 heteroatoms. The number of hydrogen-bond acceptors (Lipinski definition) is 5. The van der Waals surface area contributed by atoms with E-state index in [1.54, 1.807) is 13.2 Å². The van der Waals surface area contributed by atoms with Crippen LogP contribution >= 0.6 is 0 Å². The molecule has 0 radical (unpaired) electrons. The molecule has 3 aliphatic heterocycles. The number of nitrogens with zero attached hydrogens (tertiary/aromatic N) is 3. The summed E-state index contributed by atoms with van der Waals surface area (Å²) >= 11 is 0. The first kappa shape index (κ1) is 25.3. The summed E-state index contributed by atoms with van der Waals surface area (Å²) in [7, 11) is 1.62. The molecule has 2 aromatic rings. The van der Waals surface area contributed by atoms with Crippen LogP contribution in [0.2, 0.25) is 0 Å². The Labute approximate surface area is 219 Å². The lowest BCUT2D eigenvalue weighted by molar-refractivity contribution is -0.139. The Bertz CT molecular complexity index is 1180. The molecule has 0 aliphatic carbocycles. The SMILES string of the molecule is CC[C@@H]1CCCCN1C(=O)[C@@H]1CCCN(c2cccc3c2C(=O)N(CCc2cccc(OC)c2)C3=O)C1. The molecule has 3 aliphatic rings. The van der Waals surface area contributed by atoms with Crippen molar-refractivity contribution in [2.75, 3.05) is 38.2 Å². The van der Waals surface area contributed by atoms with Crippen molar-refractivity contribution < 1.29 is 19.1 Å². The second-order valence-corrected chi connectivity index (χ2v) is 10.4. The zero-order valence-corrected chi connectivity index (χ0v) is 21.9. The van der Waals surface area contributed by atoms with Gasteiger partial charge in [-0.25, -0.2) is 0 Å². The Morgan fingerprint density at radius 2 is 1.84 bits per heavy atom. The van der Waals surface area contributed by atoms with Crippen LogP contribution in [-0.2, 0) is 11.2 Å². The fraction of sp³-hybridized carbons (Fsp3) is 0.500. The maximum atomic E-state index is 13.5. The summed E-state index contributed by atoms with van der Waals surface area (Å²) in [6, 6.07) is 13.6. The number of carbonyl (C=O) groups is 3. The van der Waals surface area contributed by atoms with Gasteiger partial charge in [-0.1, -0.05) is 25.1 Å². The zero-order chi connectivity index (χ0) is 25.9. The van der Waals surface area contributed by atoms with Crippen molar-refractivity contribution >= 4 is 23.4 Å². The predicted molar refractivity (Wildman–Crippen MR) is 143 cm³/mol. The Kier molecular flexibility index (Phi) is 7.49. The average molecular weight is 504 g/mol. The van der Waals surface area contributed by atoms with Crippen LogP contribution in [0.4, 0.5) is 5.69 Å². The zero-order valence-electron chi connectivity index (χ0n) is 21.9. The number of imide groups is 1. The molecule has 0 unspecified atom stereocenters. The summed E-state index contributed by atoms with van der Waals surface area (Å²) in [6.45, 7) is 4.70. The molecule has 196 valence electrons. The summed E-state index contributed by atoms with van der Waals surface area (Å²) in [5.41, 5.74) is 2.74. The van der Waals surface area contributed by atoms with Crippen LogP contribution in [0.5, 0.6) is 5.75 Å². The molecule has 2 atom stereocenters. The standard InChI is InChI=1S/C30H37N3O4/c1-3-23-11-4-5-17-32(23)28(34)22-10-8-16-31(20-22)26-14-7-13-25-27(26)30(36)33(29(25)35)18-15-21-9-6-12-24(19-21)37-2/h6-7,9,12-14,19,22-23H,3-5,8,10-11,15-18,20H2,1-2H3/t22-,23-/m1/s1. The topological polar surface area (TPSA) is 70.2 Å². The van der Waals surface area contributed by atoms with Crippen LogP contribution in [0.15, 0.2) is 42.5 Å². The van der Waals surface area contributed by atoms with Gasteiger partial charge < -0.3 is 14.5 Å². The van der Waals surface area contributed by atoms with Crippen molar-refractivity contribution in [2.45, 2.75) is 57.9 Å². The Morgan fingerprint density at radius 1 is 1.00 bits per heavy atom. The first-order valence-corrected chi connectivity index (χ1v) is 13.7. The second kappa shape index (κ2) is 11.0. The van der Waals surface area contributed by atoms with E-state index in [0.29, 0.717) is 36.7 Å². The summed E-state index contributed by atoms with van der Waals surface area (Å²) in [6.07, 6.45) is 6.69. The third-order valence-corrected chi connectivity index (χ3v) is 8.23. The molecule has 0 saturated carbocycles. The molecule has 0 N–H and O–H groups in total. The van der Waals surface area contributed by atoms with Crippen LogP contribution < -0.4 is 9.64 Å². The van der Waals surface area contributed by atoms with Crippen molar-refractivity contribution in [3.05, 3.63) is 59.2 Å². The van der Waals surface area contributed by atoms with Gasteiger partial charge in [0.05, 0.1) is 29.8 Å². The quantitative estimate of drug-likeness (QED) is 0.519. The molecule has 2 aromatic carbocycles. The van der Waals surface area contributed by atoms with Gasteiger partial charge in [0.1, 0.15) is 5.75 Å². The summed E-state index contributed by atoms with van der Waals surface area (Å²) < 4.78 is 5.30. The van der Waals surface area contributed by atoms with Gasteiger partial charge in [0.15, 0.2) is 0 Å². The second-order valence-electron chi connectivity index (χ2n) is 10.4. The van der Waals surface area contributed by atoms with E-state index in [4.69, 9.17) is 4.74 Å². The van der Waals surface area contributed by atoms with Gasteiger partial charge in [0, 0.05) is 32.2 Å². The number of benzene rings is 2. The highest BCUT2D eigenvalue weighted by Crippen LogP contribution is 2.35. The molecule has 2 saturated heterocycles. The number of carbonyl (C=O) groups excluding carboxylic acids is 3. The van der Waals surface area contributed by atoms with Gasteiger partial charge in [-0.2, -0.15) is 0 Å². The number of fused-ring (bicyclic) bond motifs is 1. The van der Waals surface area contributed by atoms with E-state index in [-0.39, 0.29) is 23.6 Å². The first-order valence-electron chi connectivity index (χ1n) is 13.7. The van der Waals surface area contributed by atoms with E-state index >= 15 is 0 Å². The molecule has 7 nitrogen and oxygen atoms in total. The van der Waals surface area contributed by atoms with E-state index in [0.717, 1.165) is 62.2 Å². The number of likely N-dealkylation sites (tertiary alicyclic amines) is 1. The fourth-order valence-corrected chi connectivity index (χ4v) is 6.20. The third-order valence-electron chi connectivity index (χ3n) is 8.23. The van der Waals surface area contributed by atoms with Gasteiger partial charge >= 0.3 is 0 Å². The Balaban J connectivity index is 1.32.